The van der Waals surface area contributed by atoms with Crippen LogP contribution in [0.15, 0.2) is 18.2 Å². The number of aryl methyl sites for hydroxylation is 1. The standard InChI is InChI=1S/C28H33ClF2N2O4/c1-15-7-8-18(21(29)11-15)22-16(2)19-12-33(26(36)32-10-9-28(30,31)14-32)13-20(19)17(3)23(22)24(25(34)35)37-27(4,5)6/h7-8,11,24H,9-10,12-14H2,1-6H3,(H,34,35)/t24-/m0/s1. The summed E-state index contributed by atoms with van der Waals surface area (Å²) in [4.78, 5) is 28.5. The van der Waals surface area contributed by atoms with E-state index in [1.807, 2.05) is 39.0 Å². The number of carboxylic acids is 1. The van der Waals surface area contributed by atoms with E-state index in [0.29, 0.717) is 27.3 Å². The summed E-state index contributed by atoms with van der Waals surface area (Å²) in [7, 11) is 0. The summed E-state index contributed by atoms with van der Waals surface area (Å²) >= 11 is 6.69. The first-order chi connectivity index (χ1) is 17.1. The number of carbonyl (C=O) groups is 2. The third kappa shape index (κ3) is 5.32. The lowest BCUT2D eigenvalue weighted by molar-refractivity contribution is -0.160. The van der Waals surface area contributed by atoms with E-state index in [2.05, 4.69) is 0 Å². The van der Waals surface area contributed by atoms with E-state index in [9.17, 15) is 23.5 Å². The van der Waals surface area contributed by atoms with Crippen LogP contribution in [0.5, 0.6) is 0 Å². The molecule has 4 rings (SSSR count). The van der Waals surface area contributed by atoms with E-state index in [1.165, 1.54) is 4.90 Å². The molecule has 1 atom stereocenters. The molecule has 0 unspecified atom stereocenters. The maximum absolute atomic E-state index is 13.8. The molecule has 0 radical (unpaired) electrons. The normalized spacial score (nSPS) is 17.8. The highest BCUT2D eigenvalue weighted by atomic mass is 35.5. The van der Waals surface area contributed by atoms with Crippen molar-refractivity contribution in [1.29, 1.82) is 0 Å². The second kappa shape index (κ2) is 9.55. The number of likely N-dealkylation sites (tertiary alicyclic amines) is 1. The Morgan fingerprint density at radius 2 is 1.70 bits per heavy atom. The van der Waals surface area contributed by atoms with E-state index >= 15 is 0 Å². The fourth-order valence-electron chi connectivity index (χ4n) is 5.34. The van der Waals surface area contributed by atoms with Crippen molar-refractivity contribution in [2.45, 2.75) is 78.7 Å². The van der Waals surface area contributed by atoms with Crippen molar-refractivity contribution in [3.63, 3.8) is 0 Å². The number of benzene rings is 2. The van der Waals surface area contributed by atoms with Crippen LogP contribution < -0.4 is 0 Å². The van der Waals surface area contributed by atoms with Gasteiger partial charge in [0.15, 0.2) is 6.10 Å². The number of urea groups is 1. The molecule has 0 aliphatic carbocycles. The highest BCUT2D eigenvalue weighted by Crippen LogP contribution is 2.45. The molecule has 1 N–H and O–H groups in total. The summed E-state index contributed by atoms with van der Waals surface area (Å²) in [6, 6.07) is 5.17. The highest BCUT2D eigenvalue weighted by molar-refractivity contribution is 6.33. The first-order valence-corrected chi connectivity index (χ1v) is 12.7. The average Bonchev–Trinajstić information content (AvgIpc) is 3.38. The molecule has 6 nitrogen and oxygen atoms in total. The highest BCUT2D eigenvalue weighted by Gasteiger charge is 2.43. The van der Waals surface area contributed by atoms with Crippen LogP contribution in [0.25, 0.3) is 11.1 Å². The van der Waals surface area contributed by atoms with Crippen molar-refractivity contribution in [2.24, 2.45) is 0 Å². The van der Waals surface area contributed by atoms with E-state index in [-0.39, 0.29) is 26.1 Å². The van der Waals surface area contributed by atoms with Crippen LogP contribution in [0.1, 0.15) is 66.7 Å². The Bertz CT molecular complexity index is 1270. The third-order valence-corrected chi connectivity index (χ3v) is 7.39. The molecule has 0 bridgehead atoms. The maximum Gasteiger partial charge on any atom is 0.337 e. The van der Waals surface area contributed by atoms with Crippen molar-refractivity contribution in [3.8, 4) is 11.1 Å². The number of carbonyl (C=O) groups excluding carboxylic acids is 1. The molecule has 1 fully saturated rings. The Balaban J connectivity index is 1.88. The van der Waals surface area contributed by atoms with Crippen LogP contribution in [0.4, 0.5) is 13.6 Å². The maximum atomic E-state index is 13.8. The molecule has 2 heterocycles. The zero-order chi connectivity index (χ0) is 27.4. The SMILES string of the molecule is Cc1ccc(-c2c(C)c3c(c(C)c2[C@H](OC(C)(C)C)C(=O)O)CN(C(=O)N2CCC(F)(F)C2)C3)c(Cl)c1. The number of rotatable bonds is 4. The number of halogens is 3. The van der Waals surface area contributed by atoms with Gasteiger partial charge >= 0.3 is 12.0 Å². The van der Waals surface area contributed by atoms with Gasteiger partial charge in [0.1, 0.15) is 0 Å². The summed E-state index contributed by atoms with van der Waals surface area (Å²) in [5.41, 5.74) is 5.25. The summed E-state index contributed by atoms with van der Waals surface area (Å²) < 4.78 is 33.7. The number of nitrogens with zero attached hydrogens (tertiary/aromatic N) is 2. The van der Waals surface area contributed by atoms with Gasteiger partial charge in [0, 0.05) is 42.2 Å². The molecule has 2 amide bonds. The van der Waals surface area contributed by atoms with Crippen molar-refractivity contribution in [2.75, 3.05) is 13.1 Å². The summed E-state index contributed by atoms with van der Waals surface area (Å²) in [5, 5.41) is 10.8. The van der Waals surface area contributed by atoms with Gasteiger partial charge in [-0.1, -0.05) is 23.7 Å². The minimum absolute atomic E-state index is 0.00658. The van der Waals surface area contributed by atoms with E-state index in [4.69, 9.17) is 16.3 Å². The Morgan fingerprint density at radius 1 is 1.08 bits per heavy atom. The van der Waals surface area contributed by atoms with E-state index in [1.54, 1.807) is 25.7 Å². The second-order valence-corrected chi connectivity index (χ2v) is 11.5. The van der Waals surface area contributed by atoms with Gasteiger partial charge in [0.05, 0.1) is 12.1 Å². The number of amides is 2. The molecule has 0 aromatic heterocycles. The van der Waals surface area contributed by atoms with Crippen LogP contribution in [0, 0.1) is 20.8 Å². The third-order valence-electron chi connectivity index (χ3n) is 7.08. The molecule has 2 aliphatic rings. The Hall–Kier alpha value is -2.71. The molecule has 37 heavy (non-hydrogen) atoms. The first kappa shape index (κ1) is 27.3. The van der Waals surface area contributed by atoms with E-state index in [0.717, 1.165) is 22.3 Å². The largest absolute Gasteiger partial charge is 0.479 e. The predicted molar refractivity (Wildman–Crippen MR) is 138 cm³/mol. The fraction of sp³-hybridized carbons (Fsp3) is 0.500. The van der Waals surface area contributed by atoms with Gasteiger partial charge in [-0.15, -0.1) is 0 Å². The zero-order valence-corrected chi connectivity index (χ0v) is 22.8. The van der Waals surface area contributed by atoms with Gasteiger partial charge in [0.25, 0.3) is 5.92 Å². The predicted octanol–water partition coefficient (Wildman–Crippen LogP) is 6.65. The summed E-state index contributed by atoms with van der Waals surface area (Å²) in [6.45, 7) is 10.9. The van der Waals surface area contributed by atoms with Crippen LogP contribution in [-0.4, -0.2) is 51.5 Å². The number of aliphatic carboxylic acids is 1. The second-order valence-electron chi connectivity index (χ2n) is 11.1. The van der Waals surface area contributed by atoms with Crippen molar-refractivity contribution >= 4 is 23.6 Å². The lowest BCUT2D eigenvalue weighted by Crippen LogP contribution is -2.40. The van der Waals surface area contributed by atoms with Crippen LogP contribution in [-0.2, 0) is 22.6 Å². The number of alkyl halides is 2. The minimum atomic E-state index is -2.88. The van der Waals surface area contributed by atoms with Crippen LogP contribution in [0.2, 0.25) is 5.02 Å². The van der Waals surface area contributed by atoms with E-state index < -0.39 is 36.2 Å². The molecule has 9 heteroatoms. The molecule has 2 aliphatic heterocycles. The zero-order valence-electron chi connectivity index (χ0n) is 22.0. The Morgan fingerprint density at radius 3 is 2.22 bits per heavy atom. The van der Waals surface area contributed by atoms with Gasteiger partial charge in [-0.25, -0.2) is 18.4 Å². The van der Waals surface area contributed by atoms with Gasteiger partial charge < -0.3 is 19.6 Å². The molecule has 0 saturated carbocycles. The quantitative estimate of drug-likeness (QED) is 0.477. The Labute approximate surface area is 221 Å². The van der Waals surface area contributed by atoms with Gasteiger partial charge in [-0.05, 0) is 81.0 Å². The fourth-order valence-corrected chi connectivity index (χ4v) is 5.67. The van der Waals surface area contributed by atoms with Crippen molar-refractivity contribution in [1.82, 2.24) is 9.80 Å². The number of hydrogen-bond acceptors (Lipinski definition) is 3. The van der Waals surface area contributed by atoms with Crippen molar-refractivity contribution in [3.05, 3.63) is 56.6 Å². The average molecular weight is 535 g/mol. The molecule has 1 saturated heterocycles. The molecule has 2 aromatic rings. The number of fused-ring (bicyclic) bond motifs is 1. The molecule has 200 valence electrons. The Kier molecular flexibility index (Phi) is 7.05. The topological polar surface area (TPSA) is 70.1 Å². The lowest BCUT2D eigenvalue weighted by atomic mass is 9.83. The first-order valence-electron chi connectivity index (χ1n) is 12.3. The smallest absolute Gasteiger partial charge is 0.337 e. The molecular formula is C28H33ClF2N2O4. The number of carboxylic acid groups (broad SMARTS) is 1. The molecule has 0 spiro atoms. The number of hydrogen-bond donors (Lipinski definition) is 1. The van der Waals surface area contributed by atoms with Crippen LogP contribution >= 0.6 is 11.6 Å². The van der Waals surface area contributed by atoms with Crippen molar-refractivity contribution < 1.29 is 28.2 Å². The van der Waals surface area contributed by atoms with Gasteiger partial charge in [-0.2, -0.15) is 0 Å². The molecule has 2 aromatic carbocycles. The minimum Gasteiger partial charge on any atom is -0.479 e. The van der Waals surface area contributed by atoms with Crippen LogP contribution in [0.3, 0.4) is 0 Å². The summed E-state index contributed by atoms with van der Waals surface area (Å²) in [6.07, 6.45) is -1.62. The number of ether oxygens (including phenoxy) is 1. The molecular weight excluding hydrogens is 502 g/mol. The van der Waals surface area contributed by atoms with Gasteiger partial charge in [-0.3, -0.25) is 0 Å². The lowest BCUT2D eigenvalue weighted by Gasteiger charge is -2.30. The monoisotopic (exact) mass is 534 g/mol. The summed E-state index contributed by atoms with van der Waals surface area (Å²) in [5.74, 6) is -4.01. The van der Waals surface area contributed by atoms with Gasteiger partial charge in [0.2, 0.25) is 0 Å².